The van der Waals surface area contributed by atoms with Gasteiger partial charge in [-0.15, -0.1) is 0 Å². The summed E-state index contributed by atoms with van der Waals surface area (Å²) in [5, 5.41) is 9.10. The van der Waals surface area contributed by atoms with Crippen molar-refractivity contribution in [2.75, 3.05) is 12.1 Å². The van der Waals surface area contributed by atoms with Gasteiger partial charge in [-0.05, 0) is 12.1 Å². The minimum absolute atomic E-state index is 0.433. The second-order valence-electron chi connectivity index (χ2n) is 2.78. The van der Waals surface area contributed by atoms with Gasteiger partial charge >= 0.3 is 5.97 Å². The minimum Gasteiger partial charge on any atom is -0.479 e. The number of carboxylic acids is 1. The summed E-state index contributed by atoms with van der Waals surface area (Å²) in [5.41, 5.74) is 3.11. The van der Waals surface area contributed by atoms with Crippen LogP contribution in [0.1, 0.15) is 0 Å². The summed E-state index contributed by atoms with van der Waals surface area (Å²) < 4.78 is 5.13. The molecule has 0 aromatic carbocycles. The summed E-state index contributed by atoms with van der Waals surface area (Å²) in [6.45, 7) is -0.435. The molecule has 0 saturated carbocycles. The van der Waals surface area contributed by atoms with Crippen molar-refractivity contribution < 1.29 is 19.2 Å². The van der Waals surface area contributed by atoms with E-state index in [2.05, 4.69) is 10.5 Å². The molecule has 0 unspecified atom stereocenters. The number of nitrogens with zero attached hydrogens (tertiary/aromatic N) is 1. The van der Waals surface area contributed by atoms with Crippen LogP contribution in [0.4, 0.5) is 5.82 Å². The second kappa shape index (κ2) is 3.97. The van der Waals surface area contributed by atoms with Gasteiger partial charge in [0, 0.05) is 6.20 Å². The summed E-state index contributed by atoms with van der Waals surface area (Å²) in [6, 6.07) is 3.42. The Kier molecular flexibility index (Phi) is 2.51. The number of aliphatic carboxylic acids is 1. The average Bonchev–Trinajstić information content (AvgIpc) is 2.65. The Balaban J connectivity index is 2.13. The summed E-state index contributed by atoms with van der Waals surface area (Å²) in [5.74, 6) is -0.621. The van der Waals surface area contributed by atoms with Crippen molar-refractivity contribution in [3.63, 3.8) is 0 Å². The van der Waals surface area contributed by atoms with E-state index < -0.39 is 12.6 Å². The normalized spacial score (nSPS) is 10.4. The lowest BCUT2D eigenvalue weighted by molar-refractivity contribution is -0.141. The fourth-order valence-corrected chi connectivity index (χ4v) is 1.14. The minimum atomic E-state index is -1.05. The van der Waals surface area contributed by atoms with Gasteiger partial charge in [-0.3, -0.25) is 4.84 Å². The molecule has 6 nitrogen and oxygen atoms in total. The first kappa shape index (κ1) is 9.47. The number of anilines is 1. The van der Waals surface area contributed by atoms with Crippen molar-refractivity contribution in [2.24, 2.45) is 0 Å². The molecule has 0 spiro atoms. The van der Waals surface area contributed by atoms with E-state index in [0.29, 0.717) is 11.4 Å². The molecule has 0 radical (unpaired) electrons. The molecule has 0 bridgehead atoms. The zero-order valence-corrected chi connectivity index (χ0v) is 7.64. The molecule has 0 saturated heterocycles. The van der Waals surface area contributed by atoms with Crippen LogP contribution in [0.3, 0.4) is 0 Å². The van der Waals surface area contributed by atoms with Crippen LogP contribution < -0.4 is 5.48 Å². The third-order valence-corrected chi connectivity index (χ3v) is 1.74. The first-order valence-electron chi connectivity index (χ1n) is 4.19. The molecule has 2 rings (SSSR count). The third kappa shape index (κ3) is 2.05. The van der Waals surface area contributed by atoms with E-state index in [-0.39, 0.29) is 0 Å². The number of fused-ring (bicyclic) bond motifs is 1. The predicted octanol–water partition coefficient (Wildman–Crippen LogP) is 1.26. The molecular formula is C9H8N2O4. The van der Waals surface area contributed by atoms with Crippen LogP contribution in [0.5, 0.6) is 0 Å². The number of aromatic nitrogens is 1. The Morgan fingerprint density at radius 2 is 2.47 bits per heavy atom. The number of carboxylic acid groups (broad SMARTS) is 1. The van der Waals surface area contributed by atoms with Crippen molar-refractivity contribution in [3.8, 4) is 0 Å². The molecule has 2 heterocycles. The van der Waals surface area contributed by atoms with Crippen LogP contribution in [0.15, 0.2) is 29.0 Å². The van der Waals surface area contributed by atoms with E-state index >= 15 is 0 Å². The van der Waals surface area contributed by atoms with Crippen molar-refractivity contribution in [1.82, 2.24) is 4.98 Å². The highest BCUT2D eigenvalue weighted by molar-refractivity contribution is 5.87. The third-order valence-electron chi connectivity index (χ3n) is 1.74. The molecule has 0 aliphatic carbocycles. The molecule has 2 aromatic heterocycles. The highest BCUT2D eigenvalue weighted by atomic mass is 16.7. The molecule has 0 atom stereocenters. The smallest absolute Gasteiger partial charge is 0.332 e. The van der Waals surface area contributed by atoms with E-state index in [1.54, 1.807) is 12.1 Å². The highest BCUT2D eigenvalue weighted by Crippen LogP contribution is 2.21. The van der Waals surface area contributed by atoms with Gasteiger partial charge < -0.3 is 9.52 Å². The Bertz CT molecular complexity index is 480. The van der Waals surface area contributed by atoms with Crippen molar-refractivity contribution in [1.29, 1.82) is 0 Å². The number of furan rings is 1. The first-order valence-corrected chi connectivity index (χ1v) is 4.19. The van der Waals surface area contributed by atoms with Gasteiger partial charge in [0.05, 0.1) is 11.6 Å². The molecule has 6 heteroatoms. The molecule has 0 aliphatic rings. The van der Waals surface area contributed by atoms with Crippen LogP contribution in [-0.4, -0.2) is 22.7 Å². The largest absolute Gasteiger partial charge is 0.479 e. The Morgan fingerprint density at radius 3 is 3.27 bits per heavy atom. The SMILES string of the molecule is O=C(O)CONc1nccc2occc12. The quantitative estimate of drug-likeness (QED) is 0.735. The molecule has 2 N–H and O–H groups in total. The summed E-state index contributed by atoms with van der Waals surface area (Å²) in [7, 11) is 0. The van der Waals surface area contributed by atoms with Gasteiger partial charge in [0.1, 0.15) is 5.58 Å². The Labute approximate surface area is 84.4 Å². The lowest BCUT2D eigenvalue weighted by atomic mass is 10.3. The predicted molar refractivity (Wildman–Crippen MR) is 51.2 cm³/mol. The maximum absolute atomic E-state index is 10.2. The van der Waals surface area contributed by atoms with E-state index in [4.69, 9.17) is 14.4 Å². The maximum atomic E-state index is 10.2. The molecular weight excluding hydrogens is 200 g/mol. The van der Waals surface area contributed by atoms with Crippen molar-refractivity contribution in [3.05, 3.63) is 24.6 Å². The lowest BCUT2D eigenvalue weighted by Gasteiger charge is -2.03. The fourth-order valence-electron chi connectivity index (χ4n) is 1.14. The highest BCUT2D eigenvalue weighted by Gasteiger charge is 2.04. The van der Waals surface area contributed by atoms with E-state index in [9.17, 15) is 4.79 Å². The van der Waals surface area contributed by atoms with Crippen LogP contribution >= 0.6 is 0 Å². The van der Waals surface area contributed by atoms with Gasteiger partial charge in [-0.1, -0.05) is 0 Å². The number of pyridine rings is 1. The van der Waals surface area contributed by atoms with Gasteiger partial charge in [0.15, 0.2) is 12.4 Å². The first-order chi connectivity index (χ1) is 7.27. The summed E-state index contributed by atoms with van der Waals surface area (Å²) in [6.07, 6.45) is 3.06. The summed E-state index contributed by atoms with van der Waals surface area (Å²) in [4.78, 5) is 18.9. The number of rotatable bonds is 4. The average molecular weight is 208 g/mol. The number of hydrogen-bond donors (Lipinski definition) is 2. The number of hydrogen-bond acceptors (Lipinski definition) is 5. The zero-order valence-electron chi connectivity index (χ0n) is 7.64. The molecule has 78 valence electrons. The van der Waals surface area contributed by atoms with Gasteiger partial charge in [-0.25, -0.2) is 15.3 Å². The van der Waals surface area contributed by atoms with Crippen LogP contribution in [-0.2, 0) is 9.63 Å². The number of carbonyl (C=O) groups is 1. The monoisotopic (exact) mass is 208 g/mol. The second-order valence-corrected chi connectivity index (χ2v) is 2.78. The lowest BCUT2D eigenvalue weighted by Crippen LogP contribution is -2.11. The molecule has 0 fully saturated rings. The number of nitrogens with one attached hydrogen (secondary N) is 1. The van der Waals surface area contributed by atoms with E-state index in [0.717, 1.165) is 5.39 Å². The Morgan fingerprint density at radius 1 is 1.60 bits per heavy atom. The van der Waals surface area contributed by atoms with E-state index in [1.807, 2.05) is 0 Å². The van der Waals surface area contributed by atoms with Crippen molar-refractivity contribution >= 4 is 22.8 Å². The van der Waals surface area contributed by atoms with Crippen LogP contribution in [0, 0.1) is 0 Å². The van der Waals surface area contributed by atoms with Crippen LogP contribution in [0.25, 0.3) is 11.0 Å². The standard InChI is InChI=1S/C9H8N2O4/c12-8(13)5-15-11-9-6-2-4-14-7(6)1-3-10-9/h1-4H,5H2,(H,10,11)(H,12,13). The maximum Gasteiger partial charge on any atom is 0.332 e. The fraction of sp³-hybridized carbons (Fsp3) is 0.111. The molecule has 15 heavy (non-hydrogen) atoms. The summed E-state index contributed by atoms with van der Waals surface area (Å²) >= 11 is 0. The molecule has 2 aromatic rings. The van der Waals surface area contributed by atoms with Crippen LogP contribution in [0.2, 0.25) is 0 Å². The topological polar surface area (TPSA) is 84.6 Å². The van der Waals surface area contributed by atoms with E-state index in [1.165, 1.54) is 12.5 Å². The molecule has 0 amide bonds. The Hall–Kier alpha value is -2.08. The van der Waals surface area contributed by atoms with Gasteiger partial charge in [-0.2, -0.15) is 0 Å². The van der Waals surface area contributed by atoms with Crippen molar-refractivity contribution in [2.45, 2.75) is 0 Å². The molecule has 0 aliphatic heterocycles. The zero-order chi connectivity index (χ0) is 10.7. The van der Waals surface area contributed by atoms with Gasteiger partial charge in [0.25, 0.3) is 0 Å². The van der Waals surface area contributed by atoms with Gasteiger partial charge in [0.2, 0.25) is 0 Å².